The highest BCUT2D eigenvalue weighted by Crippen LogP contribution is 2.64. The van der Waals surface area contributed by atoms with Crippen molar-refractivity contribution in [3.63, 3.8) is 0 Å². The Balaban J connectivity index is 1.54. The highest BCUT2D eigenvalue weighted by molar-refractivity contribution is 9.10. The lowest BCUT2D eigenvalue weighted by molar-refractivity contribution is -0.144. The summed E-state index contributed by atoms with van der Waals surface area (Å²) in [5, 5.41) is 3.11. The van der Waals surface area contributed by atoms with Crippen LogP contribution in [0.3, 0.4) is 0 Å². The number of hydrogen-bond donors (Lipinski definition) is 1. The summed E-state index contributed by atoms with van der Waals surface area (Å²) in [4.78, 5) is 13.1. The van der Waals surface area contributed by atoms with Gasteiger partial charge in [-0.2, -0.15) is 0 Å². The number of carbonyl (C=O) groups is 1. The molecule has 3 atom stereocenters. The van der Waals surface area contributed by atoms with Gasteiger partial charge in [-0.25, -0.2) is 4.39 Å². The molecule has 2 nitrogen and oxygen atoms in total. The van der Waals surface area contributed by atoms with Crippen molar-refractivity contribution in [2.24, 2.45) is 17.3 Å². The average Bonchev–Trinajstić information content (AvgIpc) is 2.44. The van der Waals surface area contributed by atoms with E-state index in [9.17, 15) is 9.18 Å². The molecule has 4 saturated carbocycles. The molecule has 0 spiro atoms. The smallest absolute Gasteiger partial charge is 0.226 e. The van der Waals surface area contributed by atoms with Crippen molar-refractivity contribution < 1.29 is 9.18 Å². The summed E-state index contributed by atoms with van der Waals surface area (Å²) < 4.78 is 14.1. The molecule has 4 heteroatoms. The Hall–Kier alpha value is -0.900. The summed E-state index contributed by atoms with van der Waals surface area (Å²) in [6, 6.07) is 6.42. The molecular formula is C19H23BrFNO. The summed E-state index contributed by atoms with van der Waals surface area (Å²) in [6.45, 7) is 1.88. The van der Waals surface area contributed by atoms with Crippen molar-refractivity contribution in [1.82, 2.24) is 5.32 Å². The normalized spacial score (nSPS) is 39.3. The Morgan fingerprint density at radius 2 is 1.91 bits per heavy atom. The molecule has 1 amide bonds. The van der Waals surface area contributed by atoms with Gasteiger partial charge in [-0.05, 0) is 63.4 Å². The Morgan fingerprint density at radius 3 is 2.52 bits per heavy atom. The maximum absolute atomic E-state index is 14.0. The summed E-state index contributed by atoms with van der Waals surface area (Å²) >= 11 is 3.94. The molecule has 0 aromatic heterocycles. The standard InChI is InChI=1S/C19H23BrFNO/c1-12(15-4-2-3-5-16(15)21)22-17(23)18-7-13-6-14(8-18)10-19(20,9-13)11-18/h2-5,12-14H,6-11H2,1H3,(H,22,23). The fraction of sp³-hybridized carbons (Fsp3) is 0.632. The maximum Gasteiger partial charge on any atom is 0.226 e. The topological polar surface area (TPSA) is 29.1 Å². The molecule has 23 heavy (non-hydrogen) atoms. The molecule has 0 radical (unpaired) electrons. The number of halogens is 2. The first-order valence-corrected chi connectivity index (χ1v) is 9.43. The molecular weight excluding hydrogens is 357 g/mol. The van der Waals surface area contributed by atoms with Crippen molar-refractivity contribution in [3.8, 4) is 0 Å². The molecule has 5 rings (SSSR count). The highest BCUT2D eigenvalue weighted by atomic mass is 79.9. The molecule has 4 aliphatic rings. The first-order chi connectivity index (χ1) is 10.9. The maximum atomic E-state index is 14.0. The van der Waals surface area contributed by atoms with E-state index in [1.165, 1.54) is 25.3 Å². The van der Waals surface area contributed by atoms with Crippen LogP contribution in [-0.2, 0) is 4.79 Å². The van der Waals surface area contributed by atoms with E-state index in [2.05, 4.69) is 21.2 Å². The van der Waals surface area contributed by atoms with Crippen LogP contribution in [0.25, 0.3) is 0 Å². The predicted molar refractivity (Wildman–Crippen MR) is 91.7 cm³/mol. The Morgan fingerprint density at radius 1 is 1.26 bits per heavy atom. The number of hydrogen-bond acceptors (Lipinski definition) is 1. The summed E-state index contributed by atoms with van der Waals surface area (Å²) in [5.41, 5.74) is 0.326. The zero-order valence-electron chi connectivity index (χ0n) is 13.4. The molecule has 0 saturated heterocycles. The largest absolute Gasteiger partial charge is 0.349 e. The second kappa shape index (κ2) is 5.30. The molecule has 1 N–H and O–H groups in total. The van der Waals surface area contributed by atoms with E-state index in [-0.39, 0.29) is 27.5 Å². The molecule has 3 unspecified atom stereocenters. The van der Waals surface area contributed by atoms with Crippen LogP contribution < -0.4 is 5.32 Å². The molecule has 1 aromatic rings. The summed E-state index contributed by atoms with van der Waals surface area (Å²) in [7, 11) is 0. The third kappa shape index (κ3) is 2.63. The van der Waals surface area contributed by atoms with E-state index >= 15 is 0 Å². The summed E-state index contributed by atoms with van der Waals surface area (Å²) in [6.07, 6.45) is 6.65. The van der Waals surface area contributed by atoms with Gasteiger partial charge in [0.25, 0.3) is 0 Å². The van der Waals surface area contributed by atoms with Gasteiger partial charge in [-0.3, -0.25) is 4.79 Å². The van der Waals surface area contributed by atoms with Crippen LogP contribution in [0.4, 0.5) is 4.39 Å². The number of benzene rings is 1. The minimum atomic E-state index is -0.289. The molecule has 0 heterocycles. The van der Waals surface area contributed by atoms with Crippen molar-refractivity contribution >= 4 is 21.8 Å². The molecule has 124 valence electrons. The zero-order chi connectivity index (χ0) is 16.2. The minimum absolute atomic E-state index is 0.131. The van der Waals surface area contributed by atoms with Gasteiger partial charge < -0.3 is 5.32 Å². The van der Waals surface area contributed by atoms with Crippen LogP contribution in [0.1, 0.15) is 57.1 Å². The van der Waals surface area contributed by atoms with Crippen LogP contribution in [0, 0.1) is 23.1 Å². The van der Waals surface area contributed by atoms with Crippen molar-refractivity contribution in [1.29, 1.82) is 0 Å². The lowest BCUT2D eigenvalue weighted by Gasteiger charge is -2.59. The van der Waals surface area contributed by atoms with E-state index < -0.39 is 0 Å². The monoisotopic (exact) mass is 379 g/mol. The number of rotatable bonds is 3. The molecule has 1 aromatic carbocycles. The molecule has 4 bridgehead atoms. The lowest BCUT2D eigenvalue weighted by Crippen LogP contribution is -2.58. The third-order valence-electron chi connectivity index (χ3n) is 6.19. The number of alkyl halides is 1. The van der Waals surface area contributed by atoms with Crippen LogP contribution in [0.5, 0.6) is 0 Å². The number of amides is 1. The highest BCUT2D eigenvalue weighted by Gasteiger charge is 2.59. The molecule has 4 aliphatic carbocycles. The van der Waals surface area contributed by atoms with E-state index in [1.807, 2.05) is 13.0 Å². The van der Waals surface area contributed by atoms with E-state index in [1.54, 1.807) is 12.1 Å². The predicted octanol–water partition coefficient (Wildman–Crippen LogP) is 4.74. The quantitative estimate of drug-likeness (QED) is 0.755. The van der Waals surface area contributed by atoms with Gasteiger partial charge in [0, 0.05) is 9.89 Å². The van der Waals surface area contributed by atoms with E-state index in [0.29, 0.717) is 17.4 Å². The number of nitrogens with one attached hydrogen (secondary N) is 1. The van der Waals surface area contributed by atoms with Crippen LogP contribution in [0.15, 0.2) is 24.3 Å². The van der Waals surface area contributed by atoms with Gasteiger partial charge in [-0.15, -0.1) is 0 Å². The van der Waals surface area contributed by atoms with Crippen molar-refractivity contribution in [3.05, 3.63) is 35.6 Å². The van der Waals surface area contributed by atoms with Gasteiger partial charge in [0.15, 0.2) is 0 Å². The fourth-order valence-corrected chi connectivity index (χ4v) is 7.12. The Bertz CT molecular complexity index is 632. The molecule has 4 fully saturated rings. The zero-order valence-corrected chi connectivity index (χ0v) is 15.0. The average molecular weight is 380 g/mol. The Kier molecular flexibility index (Phi) is 3.60. The van der Waals surface area contributed by atoms with E-state index in [0.717, 1.165) is 19.3 Å². The van der Waals surface area contributed by atoms with Crippen molar-refractivity contribution in [2.75, 3.05) is 0 Å². The van der Waals surface area contributed by atoms with Gasteiger partial charge in [0.1, 0.15) is 5.82 Å². The van der Waals surface area contributed by atoms with Crippen LogP contribution >= 0.6 is 15.9 Å². The van der Waals surface area contributed by atoms with Crippen molar-refractivity contribution in [2.45, 2.75) is 55.8 Å². The SMILES string of the molecule is CC(NC(=O)C12CC3CC(CC(Br)(C3)C1)C2)c1ccccc1F. The van der Waals surface area contributed by atoms with E-state index in [4.69, 9.17) is 0 Å². The van der Waals surface area contributed by atoms with Crippen LogP contribution in [-0.4, -0.2) is 10.2 Å². The van der Waals surface area contributed by atoms with Gasteiger partial charge in [-0.1, -0.05) is 34.1 Å². The fourth-order valence-electron chi connectivity index (χ4n) is 5.67. The van der Waals surface area contributed by atoms with Gasteiger partial charge >= 0.3 is 0 Å². The number of carbonyl (C=O) groups excluding carboxylic acids is 1. The first-order valence-electron chi connectivity index (χ1n) is 8.63. The second-order valence-corrected chi connectivity index (χ2v) is 9.79. The lowest BCUT2D eigenvalue weighted by atomic mass is 9.49. The molecule has 0 aliphatic heterocycles. The second-order valence-electron chi connectivity index (χ2n) is 8.11. The third-order valence-corrected chi connectivity index (χ3v) is 7.12. The van der Waals surface area contributed by atoms with Gasteiger partial charge in [0.05, 0.1) is 11.5 Å². The first kappa shape index (κ1) is 15.6. The minimum Gasteiger partial charge on any atom is -0.349 e. The van der Waals surface area contributed by atoms with Crippen LogP contribution in [0.2, 0.25) is 0 Å². The van der Waals surface area contributed by atoms with Gasteiger partial charge in [0.2, 0.25) is 5.91 Å². The Labute approximate surface area is 145 Å². The summed E-state index contributed by atoms with van der Waals surface area (Å²) in [5.74, 6) is 1.23.